The third kappa shape index (κ3) is 6.18. The lowest BCUT2D eigenvalue weighted by molar-refractivity contribution is -0.142. The van der Waals surface area contributed by atoms with Gasteiger partial charge < -0.3 is 20.5 Å². The Labute approximate surface area is 183 Å². The van der Waals surface area contributed by atoms with Crippen molar-refractivity contribution in [2.75, 3.05) is 7.11 Å². The normalized spacial score (nSPS) is 12.2. The van der Waals surface area contributed by atoms with Gasteiger partial charge in [0.25, 0.3) is 11.8 Å². The van der Waals surface area contributed by atoms with E-state index in [0.29, 0.717) is 11.3 Å². The van der Waals surface area contributed by atoms with Gasteiger partial charge in [0.1, 0.15) is 17.5 Å². The summed E-state index contributed by atoms with van der Waals surface area (Å²) in [5.74, 6) is -2.41. The molecule has 1 atom stereocenters. The molecule has 2 aromatic rings. The van der Waals surface area contributed by atoms with Crippen LogP contribution in [0.3, 0.4) is 0 Å². The van der Waals surface area contributed by atoms with Crippen molar-refractivity contribution in [2.24, 2.45) is 5.92 Å². The highest BCUT2D eigenvalue weighted by atomic mass is 79.9. The number of amides is 2. The van der Waals surface area contributed by atoms with E-state index >= 15 is 0 Å². The molecule has 0 aliphatic rings. The molecule has 0 fully saturated rings. The zero-order valence-electron chi connectivity index (χ0n) is 16.8. The largest absolute Gasteiger partial charge is 0.496 e. The second-order valence-electron chi connectivity index (χ2n) is 6.80. The van der Waals surface area contributed by atoms with E-state index in [2.05, 4.69) is 26.6 Å². The van der Waals surface area contributed by atoms with Gasteiger partial charge in [0.2, 0.25) is 0 Å². The summed E-state index contributed by atoms with van der Waals surface area (Å²) < 4.78 is 6.06. The zero-order valence-corrected chi connectivity index (χ0v) is 18.4. The fourth-order valence-corrected chi connectivity index (χ4v) is 2.90. The number of rotatable bonds is 8. The lowest BCUT2D eigenvalue weighted by Crippen LogP contribution is -2.47. The van der Waals surface area contributed by atoms with Crippen molar-refractivity contribution < 1.29 is 24.2 Å². The summed E-state index contributed by atoms with van der Waals surface area (Å²) in [5, 5.41) is 14.4. The molecule has 0 aromatic heterocycles. The first-order valence-electron chi connectivity index (χ1n) is 9.18. The Morgan fingerprint density at radius 1 is 1.07 bits per heavy atom. The van der Waals surface area contributed by atoms with Crippen molar-refractivity contribution in [2.45, 2.75) is 19.9 Å². The number of nitrogens with one attached hydrogen (secondary N) is 2. The van der Waals surface area contributed by atoms with Crippen LogP contribution in [0.25, 0.3) is 6.08 Å². The van der Waals surface area contributed by atoms with Crippen molar-refractivity contribution in [3.63, 3.8) is 0 Å². The average molecular weight is 475 g/mol. The van der Waals surface area contributed by atoms with Crippen LogP contribution in [0.2, 0.25) is 0 Å². The maximum absolute atomic E-state index is 12.9. The van der Waals surface area contributed by atoms with Crippen molar-refractivity contribution in [3.8, 4) is 5.75 Å². The lowest BCUT2D eigenvalue weighted by atomic mass is 10.0. The van der Waals surface area contributed by atoms with Crippen LogP contribution in [-0.2, 0) is 9.59 Å². The molecule has 0 saturated carbocycles. The van der Waals surface area contributed by atoms with E-state index in [1.807, 2.05) is 0 Å². The number of aliphatic carboxylic acids is 1. The highest BCUT2D eigenvalue weighted by Gasteiger charge is 2.26. The number of benzene rings is 2. The SMILES string of the molecule is COc1ccccc1C(=O)N/C(=C\c1ccc(Br)cc1)C(=O)N[C@H](C(=O)O)C(C)C. The summed E-state index contributed by atoms with van der Waals surface area (Å²) >= 11 is 3.34. The van der Waals surface area contributed by atoms with Gasteiger partial charge >= 0.3 is 5.97 Å². The number of carbonyl (C=O) groups excluding carboxylic acids is 2. The predicted molar refractivity (Wildman–Crippen MR) is 117 cm³/mol. The quantitative estimate of drug-likeness (QED) is 0.508. The molecule has 0 unspecified atom stereocenters. The van der Waals surface area contributed by atoms with Gasteiger partial charge in [-0.25, -0.2) is 4.79 Å². The molecule has 0 aliphatic carbocycles. The van der Waals surface area contributed by atoms with E-state index in [1.54, 1.807) is 62.4 Å². The van der Waals surface area contributed by atoms with Gasteiger partial charge in [-0.3, -0.25) is 9.59 Å². The van der Waals surface area contributed by atoms with Crippen LogP contribution in [0.15, 0.2) is 58.7 Å². The number of hydrogen-bond donors (Lipinski definition) is 3. The van der Waals surface area contributed by atoms with Crippen LogP contribution in [0.4, 0.5) is 0 Å². The molecule has 0 heterocycles. The van der Waals surface area contributed by atoms with E-state index in [9.17, 15) is 19.5 Å². The molecule has 2 amide bonds. The van der Waals surface area contributed by atoms with Crippen LogP contribution in [0, 0.1) is 5.92 Å². The molecule has 3 N–H and O–H groups in total. The van der Waals surface area contributed by atoms with Gasteiger partial charge in [0, 0.05) is 4.47 Å². The molecule has 0 aliphatic heterocycles. The first-order valence-corrected chi connectivity index (χ1v) is 9.97. The Morgan fingerprint density at radius 2 is 1.70 bits per heavy atom. The van der Waals surface area contributed by atoms with Gasteiger partial charge in [-0.15, -0.1) is 0 Å². The molecule has 2 rings (SSSR count). The first-order chi connectivity index (χ1) is 14.2. The smallest absolute Gasteiger partial charge is 0.326 e. The summed E-state index contributed by atoms with van der Waals surface area (Å²) in [6, 6.07) is 12.6. The van der Waals surface area contributed by atoms with E-state index in [4.69, 9.17) is 4.74 Å². The van der Waals surface area contributed by atoms with Crippen LogP contribution in [-0.4, -0.2) is 36.0 Å². The zero-order chi connectivity index (χ0) is 22.3. The molecule has 0 bridgehead atoms. The Morgan fingerprint density at radius 3 is 2.27 bits per heavy atom. The van der Waals surface area contributed by atoms with E-state index in [1.165, 1.54) is 13.2 Å². The first kappa shape index (κ1) is 23.2. The summed E-state index contributed by atoms with van der Waals surface area (Å²) in [5.41, 5.74) is 0.813. The fourth-order valence-electron chi connectivity index (χ4n) is 2.64. The van der Waals surface area contributed by atoms with E-state index < -0.39 is 23.8 Å². The Bertz CT molecular complexity index is 954. The van der Waals surface area contributed by atoms with Crippen LogP contribution in [0.5, 0.6) is 5.75 Å². The Balaban J connectivity index is 2.38. The number of methoxy groups -OCH3 is 1. The molecular weight excluding hydrogens is 452 g/mol. The number of carbonyl (C=O) groups is 3. The highest BCUT2D eigenvalue weighted by Crippen LogP contribution is 2.18. The minimum atomic E-state index is -1.16. The monoisotopic (exact) mass is 474 g/mol. The summed E-state index contributed by atoms with van der Waals surface area (Å²) in [6.45, 7) is 3.37. The summed E-state index contributed by atoms with van der Waals surface area (Å²) in [4.78, 5) is 37.1. The lowest BCUT2D eigenvalue weighted by Gasteiger charge is -2.19. The van der Waals surface area contributed by atoms with E-state index in [0.717, 1.165) is 4.47 Å². The third-order valence-electron chi connectivity index (χ3n) is 4.24. The molecular formula is C22H23BrN2O5. The minimum absolute atomic E-state index is 0.0832. The standard InChI is InChI=1S/C22H23BrN2O5/c1-13(2)19(22(28)29)25-21(27)17(12-14-8-10-15(23)11-9-14)24-20(26)16-6-4-5-7-18(16)30-3/h4-13,19H,1-3H3,(H,24,26)(H,25,27)(H,28,29)/b17-12-/t19-/m0/s1. The average Bonchev–Trinajstić information content (AvgIpc) is 2.72. The van der Waals surface area contributed by atoms with Gasteiger partial charge in [-0.1, -0.05) is 54.0 Å². The van der Waals surface area contributed by atoms with Gasteiger partial charge in [0.15, 0.2) is 0 Å². The van der Waals surface area contributed by atoms with Gasteiger partial charge in [0.05, 0.1) is 12.7 Å². The molecule has 2 aromatic carbocycles. The molecule has 8 heteroatoms. The molecule has 0 spiro atoms. The molecule has 7 nitrogen and oxygen atoms in total. The van der Waals surface area contributed by atoms with Crippen molar-refractivity contribution in [3.05, 3.63) is 69.8 Å². The predicted octanol–water partition coefficient (Wildman–Crippen LogP) is 3.45. The maximum Gasteiger partial charge on any atom is 0.326 e. The number of carboxylic acids is 1. The van der Waals surface area contributed by atoms with Gasteiger partial charge in [-0.05, 0) is 41.8 Å². The minimum Gasteiger partial charge on any atom is -0.496 e. The molecule has 0 radical (unpaired) electrons. The van der Waals surface area contributed by atoms with Crippen molar-refractivity contribution in [1.29, 1.82) is 0 Å². The van der Waals surface area contributed by atoms with Crippen LogP contribution >= 0.6 is 15.9 Å². The second kappa shape index (κ2) is 10.6. The number of hydrogen-bond acceptors (Lipinski definition) is 4. The van der Waals surface area contributed by atoms with Crippen molar-refractivity contribution in [1.82, 2.24) is 10.6 Å². The highest BCUT2D eigenvalue weighted by molar-refractivity contribution is 9.10. The van der Waals surface area contributed by atoms with E-state index in [-0.39, 0.29) is 17.2 Å². The van der Waals surface area contributed by atoms with Crippen LogP contribution in [0.1, 0.15) is 29.8 Å². The van der Waals surface area contributed by atoms with Gasteiger partial charge in [-0.2, -0.15) is 0 Å². The maximum atomic E-state index is 12.9. The Kier molecular flexibility index (Phi) is 8.17. The summed E-state index contributed by atoms with van der Waals surface area (Å²) in [6.07, 6.45) is 1.48. The number of halogens is 1. The van der Waals surface area contributed by atoms with Crippen molar-refractivity contribution >= 4 is 39.8 Å². The fraction of sp³-hybridized carbons (Fsp3) is 0.227. The second-order valence-corrected chi connectivity index (χ2v) is 7.71. The number of carboxylic acid groups (broad SMARTS) is 1. The number of para-hydroxylation sites is 1. The third-order valence-corrected chi connectivity index (χ3v) is 4.77. The topological polar surface area (TPSA) is 105 Å². The van der Waals surface area contributed by atoms with Crippen LogP contribution < -0.4 is 15.4 Å². The molecule has 158 valence electrons. The molecule has 30 heavy (non-hydrogen) atoms. The number of ether oxygens (including phenoxy) is 1. The Hall–Kier alpha value is -3.13. The molecule has 0 saturated heterocycles. The summed E-state index contributed by atoms with van der Waals surface area (Å²) in [7, 11) is 1.44.